The molecule has 0 bridgehead atoms. The van der Waals surface area contributed by atoms with Gasteiger partial charge in [-0.15, -0.1) is 0 Å². The van der Waals surface area contributed by atoms with Crippen molar-refractivity contribution in [3.8, 4) is 0 Å². The van der Waals surface area contributed by atoms with Gasteiger partial charge in [0.1, 0.15) is 0 Å². The molecule has 1 heterocycles. The van der Waals surface area contributed by atoms with Crippen LogP contribution in [0.5, 0.6) is 0 Å². The van der Waals surface area contributed by atoms with Gasteiger partial charge in [-0.2, -0.15) is 0 Å². The fraction of sp³-hybridized carbons (Fsp3) is 0.545. The van der Waals surface area contributed by atoms with Crippen molar-refractivity contribution in [1.29, 1.82) is 0 Å². The minimum Gasteiger partial charge on any atom is -0.396 e. The molecule has 0 saturated heterocycles. The van der Waals surface area contributed by atoms with E-state index in [1.54, 1.807) is 6.20 Å². The number of nitrogens with two attached hydrogens (primary N) is 1. The smallest absolute Gasteiger partial charge is 0.151 e. The molecule has 0 aromatic carbocycles. The zero-order valence-corrected chi connectivity index (χ0v) is 10.9. The molecule has 84 valence electrons. The Hall–Kier alpha value is -0.770. The lowest BCUT2D eigenvalue weighted by Gasteiger charge is -2.23. The van der Waals surface area contributed by atoms with Gasteiger partial charge in [0.15, 0.2) is 5.82 Å². The molecule has 0 amide bonds. The lowest BCUT2D eigenvalue weighted by atomic mass is 10.3. The van der Waals surface area contributed by atoms with Gasteiger partial charge in [-0.25, -0.2) is 4.98 Å². The van der Waals surface area contributed by atoms with E-state index in [0.717, 1.165) is 41.9 Å². The first-order chi connectivity index (χ1) is 7.19. The molecule has 0 fully saturated rings. The van der Waals surface area contributed by atoms with Crippen molar-refractivity contribution in [1.82, 2.24) is 4.98 Å². The fourth-order valence-corrected chi connectivity index (χ4v) is 1.92. The number of hydrogen-bond donors (Lipinski definition) is 1. The maximum Gasteiger partial charge on any atom is 0.151 e. The van der Waals surface area contributed by atoms with Crippen LogP contribution >= 0.6 is 15.9 Å². The first-order valence-electron chi connectivity index (χ1n) is 5.35. The van der Waals surface area contributed by atoms with Gasteiger partial charge < -0.3 is 10.6 Å². The Bertz CT molecular complexity index is 309. The van der Waals surface area contributed by atoms with Crippen LogP contribution in [0.2, 0.25) is 0 Å². The molecule has 0 aliphatic heterocycles. The van der Waals surface area contributed by atoms with E-state index in [1.165, 1.54) is 0 Å². The largest absolute Gasteiger partial charge is 0.396 e. The van der Waals surface area contributed by atoms with Crippen molar-refractivity contribution < 1.29 is 0 Å². The second-order valence-corrected chi connectivity index (χ2v) is 4.47. The van der Waals surface area contributed by atoms with E-state index in [9.17, 15) is 0 Å². The molecule has 0 aliphatic rings. The van der Waals surface area contributed by atoms with Crippen LogP contribution in [-0.2, 0) is 0 Å². The molecule has 0 atom stereocenters. The number of aromatic nitrogens is 1. The summed E-state index contributed by atoms with van der Waals surface area (Å²) >= 11 is 3.36. The number of hydrogen-bond acceptors (Lipinski definition) is 3. The Kier molecular flexibility index (Phi) is 4.88. The zero-order valence-electron chi connectivity index (χ0n) is 9.33. The summed E-state index contributed by atoms with van der Waals surface area (Å²) in [5.74, 6) is 0.905. The average Bonchev–Trinajstić information content (AvgIpc) is 2.17. The molecule has 0 aliphatic carbocycles. The summed E-state index contributed by atoms with van der Waals surface area (Å²) in [4.78, 5) is 6.61. The second-order valence-electron chi connectivity index (χ2n) is 3.55. The number of rotatable bonds is 5. The molecular formula is C11H18BrN3. The van der Waals surface area contributed by atoms with Gasteiger partial charge in [-0.3, -0.25) is 0 Å². The molecule has 0 spiro atoms. The molecule has 1 aromatic heterocycles. The van der Waals surface area contributed by atoms with Crippen molar-refractivity contribution in [2.75, 3.05) is 23.7 Å². The van der Waals surface area contributed by atoms with Gasteiger partial charge in [-0.1, -0.05) is 13.8 Å². The Morgan fingerprint density at radius 1 is 1.33 bits per heavy atom. The Morgan fingerprint density at radius 2 is 1.93 bits per heavy atom. The van der Waals surface area contributed by atoms with Crippen LogP contribution in [-0.4, -0.2) is 18.1 Å². The SMILES string of the molecule is CCCN(CCC)c1ncc(Br)cc1N. The second kappa shape index (κ2) is 5.95. The summed E-state index contributed by atoms with van der Waals surface area (Å²) in [7, 11) is 0. The van der Waals surface area contributed by atoms with E-state index < -0.39 is 0 Å². The molecule has 0 radical (unpaired) electrons. The predicted octanol–water partition coefficient (Wildman–Crippen LogP) is 3.05. The van der Waals surface area contributed by atoms with Crippen LogP contribution in [0, 0.1) is 0 Å². The van der Waals surface area contributed by atoms with E-state index in [1.807, 2.05) is 6.07 Å². The van der Waals surface area contributed by atoms with Crippen molar-refractivity contribution in [2.24, 2.45) is 0 Å². The Morgan fingerprint density at radius 3 is 2.40 bits per heavy atom. The highest BCUT2D eigenvalue weighted by Crippen LogP contribution is 2.23. The van der Waals surface area contributed by atoms with E-state index >= 15 is 0 Å². The Labute approximate surface area is 99.8 Å². The van der Waals surface area contributed by atoms with Crippen molar-refractivity contribution in [3.05, 3.63) is 16.7 Å². The normalized spacial score (nSPS) is 10.3. The predicted molar refractivity (Wildman–Crippen MR) is 69.1 cm³/mol. The summed E-state index contributed by atoms with van der Waals surface area (Å²) in [6, 6.07) is 1.90. The maximum atomic E-state index is 5.95. The van der Waals surface area contributed by atoms with Gasteiger partial charge in [0.05, 0.1) is 5.69 Å². The van der Waals surface area contributed by atoms with Gasteiger partial charge in [0.2, 0.25) is 0 Å². The van der Waals surface area contributed by atoms with Gasteiger partial charge in [0.25, 0.3) is 0 Å². The summed E-state index contributed by atoms with van der Waals surface area (Å²) in [5, 5.41) is 0. The fourth-order valence-electron chi connectivity index (χ4n) is 1.58. The molecule has 1 aromatic rings. The molecule has 3 nitrogen and oxygen atoms in total. The molecule has 0 saturated carbocycles. The van der Waals surface area contributed by atoms with E-state index in [4.69, 9.17) is 5.73 Å². The van der Waals surface area contributed by atoms with Gasteiger partial charge >= 0.3 is 0 Å². The summed E-state index contributed by atoms with van der Waals surface area (Å²) < 4.78 is 0.927. The zero-order chi connectivity index (χ0) is 11.3. The van der Waals surface area contributed by atoms with E-state index in [0.29, 0.717) is 0 Å². The number of anilines is 2. The minimum absolute atomic E-state index is 0.742. The standard InChI is InChI=1S/C11H18BrN3/c1-3-5-15(6-4-2)11-10(13)7-9(12)8-14-11/h7-8H,3-6,13H2,1-2H3. The third kappa shape index (κ3) is 3.38. The topological polar surface area (TPSA) is 42.2 Å². The number of halogens is 1. The van der Waals surface area contributed by atoms with Crippen LogP contribution in [0.3, 0.4) is 0 Å². The third-order valence-electron chi connectivity index (χ3n) is 2.15. The highest BCUT2D eigenvalue weighted by Gasteiger charge is 2.09. The first-order valence-corrected chi connectivity index (χ1v) is 6.14. The van der Waals surface area contributed by atoms with Crippen LogP contribution in [0.1, 0.15) is 26.7 Å². The third-order valence-corrected chi connectivity index (χ3v) is 2.58. The highest BCUT2D eigenvalue weighted by atomic mass is 79.9. The average molecular weight is 272 g/mol. The molecule has 15 heavy (non-hydrogen) atoms. The monoisotopic (exact) mass is 271 g/mol. The quantitative estimate of drug-likeness (QED) is 0.895. The number of pyridine rings is 1. The number of nitrogens with zero attached hydrogens (tertiary/aromatic N) is 2. The van der Waals surface area contributed by atoms with Crippen LogP contribution < -0.4 is 10.6 Å². The summed E-state index contributed by atoms with van der Waals surface area (Å²) in [5.41, 5.74) is 6.69. The van der Waals surface area contributed by atoms with Crippen LogP contribution in [0.15, 0.2) is 16.7 Å². The highest BCUT2D eigenvalue weighted by molar-refractivity contribution is 9.10. The lowest BCUT2D eigenvalue weighted by Crippen LogP contribution is -2.26. The molecule has 4 heteroatoms. The first kappa shape index (κ1) is 12.3. The maximum absolute atomic E-state index is 5.95. The molecule has 1 rings (SSSR count). The van der Waals surface area contributed by atoms with Gasteiger partial charge in [0, 0.05) is 23.8 Å². The number of nitrogen functional groups attached to an aromatic ring is 1. The lowest BCUT2D eigenvalue weighted by molar-refractivity contribution is 0.735. The van der Waals surface area contributed by atoms with E-state index in [-0.39, 0.29) is 0 Å². The van der Waals surface area contributed by atoms with E-state index in [2.05, 4.69) is 39.7 Å². The van der Waals surface area contributed by atoms with Crippen LogP contribution in [0.25, 0.3) is 0 Å². The minimum atomic E-state index is 0.742. The van der Waals surface area contributed by atoms with Crippen LogP contribution in [0.4, 0.5) is 11.5 Å². The molecular weight excluding hydrogens is 254 g/mol. The Balaban J connectivity index is 2.89. The summed E-state index contributed by atoms with van der Waals surface area (Å²) in [6.45, 7) is 6.34. The molecule has 2 N–H and O–H groups in total. The van der Waals surface area contributed by atoms with Crippen molar-refractivity contribution in [2.45, 2.75) is 26.7 Å². The van der Waals surface area contributed by atoms with Crippen molar-refractivity contribution in [3.63, 3.8) is 0 Å². The van der Waals surface area contributed by atoms with Crippen molar-refractivity contribution >= 4 is 27.4 Å². The summed E-state index contributed by atoms with van der Waals surface area (Å²) in [6.07, 6.45) is 4.01. The van der Waals surface area contributed by atoms with Gasteiger partial charge in [-0.05, 0) is 34.8 Å². The molecule has 0 unspecified atom stereocenters.